The molecular weight excluding hydrogens is 226 g/mol. The molecule has 3 aromatic rings. The third-order valence-electron chi connectivity index (χ3n) is 3.13. The smallest absolute Gasteiger partial charge is 0.109 e. The highest BCUT2D eigenvalue weighted by Gasteiger charge is 2.18. The zero-order valence-electron chi connectivity index (χ0n) is 9.05. The van der Waals surface area contributed by atoms with E-state index in [1.807, 2.05) is 12.3 Å². The van der Waals surface area contributed by atoms with Gasteiger partial charge in [0.1, 0.15) is 5.03 Å². The van der Waals surface area contributed by atoms with Crippen LogP contribution in [0.3, 0.4) is 0 Å². The zero-order valence-corrected chi connectivity index (χ0v) is 9.87. The number of nitrogens with zero attached hydrogens (tertiary/aromatic N) is 1. The molecule has 17 heavy (non-hydrogen) atoms. The van der Waals surface area contributed by atoms with E-state index in [-0.39, 0.29) is 0 Å². The van der Waals surface area contributed by atoms with Crippen LogP contribution in [0.2, 0.25) is 0 Å². The minimum Gasteiger partial charge on any atom is -0.249 e. The lowest BCUT2D eigenvalue weighted by atomic mass is 9.99. The van der Waals surface area contributed by atoms with Gasteiger partial charge in [0.15, 0.2) is 0 Å². The average molecular weight is 235 g/mol. The van der Waals surface area contributed by atoms with Crippen molar-refractivity contribution in [3.05, 3.63) is 54.7 Å². The van der Waals surface area contributed by atoms with Crippen LogP contribution in [0.1, 0.15) is 0 Å². The highest BCUT2D eigenvalue weighted by atomic mass is 32.2. The number of hydrogen-bond acceptors (Lipinski definition) is 2. The van der Waals surface area contributed by atoms with Crippen molar-refractivity contribution in [3.63, 3.8) is 0 Å². The second-order valence-electron chi connectivity index (χ2n) is 4.12. The topological polar surface area (TPSA) is 12.9 Å². The Morgan fingerprint density at radius 3 is 2.59 bits per heavy atom. The van der Waals surface area contributed by atoms with Crippen molar-refractivity contribution in [2.24, 2.45) is 0 Å². The summed E-state index contributed by atoms with van der Waals surface area (Å²) in [4.78, 5) is 5.78. The first kappa shape index (κ1) is 9.25. The normalized spacial score (nSPS) is 12.5. The molecule has 0 aliphatic carbocycles. The van der Waals surface area contributed by atoms with E-state index < -0.39 is 0 Å². The van der Waals surface area contributed by atoms with Crippen molar-refractivity contribution >= 4 is 22.5 Å². The number of rotatable bonds is 0. The lowest BCUT2D eigenvalue weighted by molar-refractivity contribution is 1.13. The number of hydrogen-bond donors (Lipinski definition) is 0. The molecule has 0 radical (unpaired) electrons. The summed E-state index contributed by atoms with van der Waals surface area (Å²) in [5.41, 5.74) is 2.56. The van der Waals surface area contributed by atoms with E-state index >= 15 is 0 Å². The molecule has 80 valence electrons. The van der Waals surface area contributed by atoms with Gasteiger partial charge >= 0.3 is 0 Å². The summed E-state index contributed by atoms with van der Waals surface area (Å²) in [7, 11) is 0. The van der Waals surface area contributed by atoms with Gasteiger partial charge in [-0.05, 0) is 23.1 Å². The van der Waals surface area contributed by atoms with Crippen LogP contribution in [-0.2, 0) is 0 Å². The maximum atomic E-state index is 4.47. The molecule has 0 amide bonds. The molecule has 0 saturated carbocycles. The molecule has 0 spiro atoms. The van der Waals surface area contributed by atoms with Crippen LogP contribution < -0.4 is 0 Å². The first-order valence-electron chi connectivity index (χ1n) is 5.58. The predicted octanol–water partition coefficient (Wildman–Crippen LogP) is 4.37. The molecule has 2 aromatic carbocycles. The lowest BCUT2D eigenvalue weighted by Gasteiger charge is -2.18. The van der Waals surface area contributed by atoms with E-state index in [1.165, 1.54) is 26.8 Å². The molecule has 1 aromatic heterocycles. The standard InChI is InChI=1S/C15H9NS/c1-4-10-5-2-8-13-14(10)11(6-1)12-7-3-9-16-15(12)17-13/h1-9H. The lowest BCUT2D eigenvalue weighted by Crippen LogP contribution is -1.94. The molecule has 0 bridgehead atoms. The number of benzene rings is 2. The molecule has 2 heterocycles. The Labute approximate surface area is 104 Å². The van der Waals surface area contributed by atoms with Gasteiger partial charge in [-0.3, -0.25) is 0 Å². The number of fused-ring (bicyclic) bond motifs is 2. The van der Waals surface area contributed by atoms with E-state index in [9.17, 15) is 0 Å². The summed E-state index contributed by atoms with van der Waals surface area (Å²) in [6, 6.07) is 17.1. The van der Waals surface area contributed by atoms with Crippen LogP contribution in [0.15, 0.2) is 64.6 Å². The minimum absolute atomic E-state index is 1.11. The highest BCUT2D eigenvalue weighted by molar-refractivity contribution is 7.99. The summed E-state index contributed by atoms with van der Waals surface area (Å²) in [6.07, 6.45) is 1.86. The molecule has 0 fully saturated rings. The third-order valence-corrected chi connectivity index (χ3v) is 4.21. The van der Waals surface area contributed by atoms with Gasteiger partial charge in [-0.15, -0.1) is 0 Å². The number of aromatic nitrogens is 1. The first-order chi connectivity index (χ1) is 8.43. The fourth-order valence-electron chi connectivity index (χ4n) is 2.40. The van der Waals surface area contributed by atoms with Crippen LogP contribution in [0.25, 0.3) is 21.9 Å². The van der Waals surface area contributed by atoms with Crippen molar-refractivity contribution in [2.45, 2.75) is 9.92 Å². The van der Waals surface area contributed by atoms with Gasteiger partial charge < -0.3 is 0 Å². The summed E-state index contributed by atoms with van der Waals surface area (Å²) in [5, 5.41) is 3.78. The molecule has 1 nitrogen and oxygen atoms in total. The maximum Gasteiger partial charge on any atom is 0.109 e. The van der Waals surface area contributed by atoms with Crippen molar-refractivity contribution in [1.29, 1.82) is 0 Å². The van der Waals surface area contributed by atoms with Crippen LogP contribution in [0.4, 0.5) is 0 Å². The second kappa shape index (κ2) is 3.34. The minimum atomic E-state index is 1.11. The summed E-state index contributed by atoms with van der Waals surface area (Å²) in [6.45, 7) is 0. The number of pyridine rings is 1. The molecule has 1 aliphatic heterocycles. The Kier molecular flexibility index (Phi) is 1.82. The van der Waals surface area contributed by atoms with E-state index in [4.69, 9.17) is 0 Å². The first-order valence-corrected chi connectivity index (χ1v) is 6.40. The molecule has 0 atom stereocenters. The van der Waals surface area contributed by atoms with Gasteiger partial charge in [-0.2, -0.15) is 0 Å². The Morgan fingerprint density at radius 1 is 0.824 bits per heavy atom. The largest absolute Gasteiger partial charge is 0.249 e. The third kappa shape index (κ3) is 1.25. The quantitative estimate of drug-likeness (QED) is 0.449. The highest BCUT2D eigenvalue weighted by Crippen LogP contribution is 2.46. The van der Waals surface area contributed by atoms with Gasteiger partial charge in [0, 0.05) is 22.0 Å². The molecule has 0 unspecified atom stereocenters. The monoisotopic (exact) mass is 235 g/mol. The van der Waals surface area contributed by atoms with Gasteiger partial charge in [0.2, 0.25) is 0 Å². The molecule has 0 saturated heterocycles. The Morgan fingerprint density at radius 2 is 1.65 bits per heavy atom. The Balaban J connectivity index is 2.22. The molecular formula is C15H9NS. The van der Waals surface area contributed by atoms with Crippen molar-refractivity contribution in [1.82, 2.24) is 4.98 Å². The van der Waals surface area contributed by atoms with E-state index in [2.05, 4.69) is 47.4 Å². The van der Waals surface area contributed by atoms with Gasteiger partial charge in [0.25, 0.3) is 0 Å². The fourth-order valence-corrected chi connectivity index (χ4v) is 3.48. The summed E-state index contributed by atoms with van der Waals surface area (Å²) < 4.78 is 0. The van der Waals surface area contributed by atoms with Crippen LogP contribution >= 0.6 is 11.8 Å². The van der Waals surface area contributed by atoms with Crippen LogP contribution in [0.5, 0.6) is 0 Å². The van der Waals surface area contributed by atoms with E-state index in [0.29, 0.717) is 0 Å². The van der Waals surface area contributed by atoms with Gasteiger partial charge in [-0.1, -0.05) is 48.2 Å². The maximum absolute atomic E-state index is 4.47. The summed E-state index contributed by atoms with van der Waals surface area (Å²) >= 11 is 1.76. The molecule has 0 N–H and O–H groups in total. The van der Waals surface area contributed by atoms with Gasteiger partial charge in [-0.25, -0.2) is 4.98 Å². The van der Waals surface area contributed by atoms with Gasteiger partial charge in [0.05, 0.1) is 0 Å². The second-order valence-corrected chi connectivity index (χ2v) is 5.15. The van der Waals surface area contributed by atoms with Crippen LogP contribution in [-0.4, -0.2) is 4.98 Å². The predicted molar refractivity (Wildman–Crippen MR) is 71.3 cm³/mol. The molecule has 2 heteroatoms. The van der Waals surface area contributed by atoms with E-state index in [0.717, 1.165) is 5.03 Å². The zero-order chi connectivity index (χ0) is 11.2. The molecule has 4 rings (SSSR count). The van der Waals surface area contributed by atoms with Crippen molar-refractivity contribution in [3.8, 4) is 11.1 Å². The van der Waals surface area contributed by atoms with Crippen molar-refractivity contribution in [2.75, 3.05) is 0 Å². The van der Waals surface area contributed by atoms with Crippen molar-refractivity contribution < 1.29 is 0 Å². The average Bonchev–Trinajstić information content (AvgIpc) is 2.39. The Hall–Kier alpha value is -1.80. The SMILES string of the molecule is c1cnc2c(c1)-c1cccc3cccc(c13)S2. The van der Waals surface area contributed by atoms with E-state index in [1.54, 1.807) is 11.8 Å². The Bertz CT molecular complexity index is 729. The van der Waals surface area contributed by atoms with Crippen LogP contribution in [0, 0.1) is 0 Å². The molecule has 1 aliphatic rings. The fraction of sp³-hybridized carbons (Fsp3) is 0. The summed E-state index contributed by atoms with van der Waals surface area (Å²) in [5.74, 6) is 0.